The van der Waals surface area contributed by atoms with Gasteiger partial charge in [-0.05, 0) is 68.8 Å². The fraction of sp³-hybridized carbons (Fsp3) is 0.208. The Labute approximate surface area is 176 Å². The second-order valence-electron chi connectivity index (χ2n) is 7.62. The first kappa shape index (κ1) is 21.0. The van der Waals surface area contributed by atoms with Gasteiger partial charge in [-0.25, -0.2) is 14.8 Å². The molecule has 0 saturated heterocycles. The third-order valence-electron chi connectivity index (χ3n) is 4.00. The van der Waals surface area contributed by atoms with Gasteiger partial charge in [0.25, 0.3) is 0 Å². The lowest BCUT2D eigenvalue weighted by Gasteiger charge is -2.19. The molecule has 6 nitrogen and oxygen atoms in total. The molecule has 0 aliphatic carbocycles. The van der Waals surface area contributed by atoms with Crippen LogP contribution in [0.15, 0.2) is 60.8 Å². The summed E-state index contributed by atoms with van der Waals surface area (Å²) in [5.41, 5.74) is 2.14. The zero-order chi connectivity index (χ0) is 21.6. The maximum absolute atomic E-state index is 11.8. The number of aromatic nitrogens is 2. The van der Waals surface area contributed by atoms with Crippen LogP contribution in [0.1, 0.15) is 32.0 Å². The molecular formula is C24H25N3O3. The van der Waals surface area contributed by atoms with E-state index in [1.54, 1.807) is 19.4 Å². The van der Waals surface area contributed by atoms with Crippen LogP contribution in [0.4, 0.5) is 10.6 Å². The highest BCUT2D eigenvalue weighted by Crippen LogP contribution is 2.20. The summed E-state index contributed by atoms with van der Waals surface area (Å²) in [7, 11) is 1.65. The smallest absolute Gasteiger partial charge is 0.413 e. The van der Waals surface area contributed by atoms with Crippen LogP contribution < -0.4 is 10.1 Å². The van der Waals surface area contributed by atoms with Crippen molar-refractivity contribution in [2.45, 2.75) is 26.4 Å². The molecule has 1 amide bonds. The van der Waals surface area contributed by atoms with Gasteiger partial charge < -0.3 is 9.47 Å². The molecule has 30 heavy (non-hydrogen) atoms. The Kier molecular flexibility index (Phi) is 6.47. The number of hydrogen-bond acceptors (Lipinski definition) is 5. The van der Waals surface area contributed by atoms with Crippen LogP contribution in [0.3, 0.4) is 0 Å². The van der Waals surface area contributed by atoms with E-state index in [0.717, 1.165) is 27.9 Å². The molecule has 0 unspecified atom stereocenters. The van der Waals surface area contributed by atoms with E-state index < -0.39 is 11.7 Å². The van der Waals surface area contributed by atoms with Crippen LogP contribution >= 0.6 is 0 Å². The number of pyridine rings is 2. The van der Waals surface area contributed by atoms with Crippen molar-refractivity contribution in [1.82, 2.24) is 9.97 Å². The van der Waals surface area contributed by atoms with E-state index >= 15 is 0 Å². The first-order chi connectivity index (χ1) is 14.3. The monoisotopic (exact) mass is 403 g/mol. The molecule has 0 spiro atoms. The van der Waals surface area contributed by atoms with Crippen molar-refractivity contribution >= 4 is 35.0 Å². The minimum absolute atomic E-state index is 0.439. The predicted octanol–water partition coefficient (Wildman–Crippen LogP) is 5.71. The van der Waals surface area contributed by atoms with Crippen molar-refractivity contribution in [2.75, 3.05) is 12.4 Å². The van der Waals surface area contributed by atoms with E-state index in [2.05, 4.69) is 15.3 Å². The Balaban J connectivity index is 1.59. The summed E-state index contributed by atoms with van der Waals surface area (Å²) in [6.45, 7) is 5.43. The quantitative estimate of drug-likeness (QED) is 0.552. The Morgan fingerprint density at radius 2 is 1.83 bits per heavy atom. The van der Waals surface area contributed by atoms with Gasteiger partial charge >= 0.3 is 6.09 Å². The first-order valence-electron chi connectivity index (χ1n) is 9.58. The van der Waals surface area contributed by atoms with Crippen molar-refractivity contribution in [3.63, 3.8) is 0 Å². The second kappa shape index (κ2) is 9.22. The van der Waals surface area contributed by atoms with Gasteiger partial charge in [0.2, 0.25) is 0 Å². The van der Waals surface area contributed by atoms with Crippen molar-refractivity contribution in [3.05, 3.63) is 72.1 Å². The third-order valence-corrected chi connectivity index (χ3v) is 4.00. The van der Waals surface area contributed by atoms with Gasteiger partial charge in [0.1, 0.15) is 17.2 Å². The van der Waals surface area contributed by atoms with Gasteiger partial charge in [-0.2, -0.15) is 0 Å². The topological polar surface area (TPSA) is 73.3 Å². The Morgan fingerprint density at radius 3 is 2.53 bits per heavy atom. The van der Waals surface area contributed by atoms with Crippen molar-refractivity contribution in [3.8, 4) is 5.75 Å². The maximum atomic E-state index is 11.8. The zero-order valence-corrected chi connectivity index (χ0v) is 17.5. The largest absolute Gasteiger partial charge is 0.497 e. The Bertz CT molecular complexity index is 1080. The molecule has 0 fully saturated rings. The number of ether oxygens (including phenoxy) is 2. The first-order valence-corrected chi connectivity index (χ1v) is 9.58. The van der Waals surface area contributed by atoms with Gasteiger partial charge in [0, 0.05) is 11.6 Å². The molecule has 3 rings (SSSR count). The van der Waals surface area contributed by atoms with Crippen LogP contribution in [0, 0.1) is 0 Å². The summed E-state index contributed by atoms with van der Waals surface area (Å²) in [6.07, 6.45) is 8.85. The van der Waals surface area contributed by atoms with Gasteiger partial charge in [-0.1, -0.05) is 24.3 Å². The molecule has 154 valence electrons. The summed E-state index contributed by atoms with van der Waals surface area (Å²) >= 11 is 0. The molecule has 2 aromatic heterocycles. The highest BCUT2D eigenvalue weighted by Gasteiger charge is 2.16. The lowest BCUT2D eigenvalue weighted by atomic mass is 10.2. The number of benzene rings is 1. The molecule has 1 N–H and O–H groups in total. The number of fused-ring (bicyclic) bond motifs is 1. The number of rotatable bonds is 5. The highest BCUT2D eigenvalue weighted by atomic mass is 16.6. The number of methoxy groups -OCH3 is 1. The molecule has 6 heteroatoms. The van der Waals surface area contributed by atoms with Crippen LogP contribution in [0.25, 0.3) is 23.1 Å². The van der Waals surface area contributed by atoms with Gasteiger partial charge in [0.05, 0.1) is 18.3 Å². The third kappa shape index (κ3) is 6.17. The fourth-order valence-electron chi connectivity index (χ4n) is 2.65. The van der Waals surface area contributed by atoms with E-state index in [4.69, 9.17) is 9.47 Å². The Hall–Kier alpha value is -3.67. The molecule has 1 aromatic carbocycles. The van der Waals surface area contributed by atoms with E-state index in [1.807, 2.05) is 81.5 Å². The molecular weight excluding hydrogens is 378 g/mol. The SMILES string of the molecule is COc1ccc2nc(/C=C/C=C/c3ccc(NC(=O)OC(C)(C)C)nc3)ccc2c1. The van der Waals surface area contributed by atoms with E-state index in [9.17, 15) is 4.79 Å². The van der Waals surface area contributed by atoms with E-state index in [-0.39, 0.29) is 0 Å². The number of nitrogens with zero attached hydrogens (tertiary/aromatic N) is 2. The zero-order valence-electron chi connectivity index (χ0n) is 17.5. The lowest BCUT2D eigenvalue weighted by molar-refractivity contribution is 0.0635. The van der Waals surface area contributed by atoms with Gasteiger partial charge in [-0.15, -0.1) is 0 Å². The number of allylic oxidation sites excluding steroid dienone is 2. The number of anilines is 1. The normalized spacial score (nSPS) is 11.9. The number of amides is 1. The van der Waals surface area contributed by atoms with Crippen molar-refractivity contribution in [2.24, 2.45) is 0 Å². The molecule has 0 saturated carbocycles. The van der Waals surface area contributed by atoms with Crippen LogP contribution in [-0.4, -0.2) is 28.8 Å². The number of hydrogen-bond donors (Lipinski definition) is 1. The number of carbonyl (C=O) groups excluding carboxylic acids is 1. The van der Waals surface area contributed by atoms with Crippen LogP contribution in [0.5, 0.6) is 5.75 Å². The minimum atomic E-state index is -0.550. The molecule has 0 radical (unpaired) electrons. The molecule has 3 aromatic rings. The summed E-state index contributed by atoms with van der Waals surface area (Å²) < 4.78 is 10.4. The standard InChI is InChI=1S/C24H25N3O3/c1-24(2,3)30-23(28)27-22-14-9-17(16-25-22)7-5-6-8-19-11-10-18-15-20(29-4)12-13-21(18)26-19/h5-16H,1-4H3,(H,25,27,28)/b7-5+,8-6+. The fourth-order valence-corrected chi connectivity index (χ4v) is 2.65. The van der Waals surface area contributed by atoms with Crippen LogP contribution in [-0.2, 0) is 4.74 Å². The minimum Gasteiger partial charge on any atom is -0.497 e. The summed E-state index contributed by atoms with van der Waals surface area (Å²) in [4.78, 5) is 20.6. The van der Waals surface area contributed by atoms with Crippen molar-refractivity contribution < 1.29 is 14.3 Å². The summed E-state index contributed by atoms with van der Waals surface area (Å²) in [6, 6.07) is 13.4. The molecule has 0 aliphatic heterocycles. The van der Waals surface area contributed by atoms with Crippen LogP contribution in [0.2, 0.25) is 0 Å². The molecule has 0 atom stereocenters. The van der Waals surface area contributed by atoms with Gasteiger partial charge in [0.15, 0.2) is 0 Å². The average Bonchev–Trinajstić information content (AvgIpc) is 2.70. The molecule has 2 heterocycles. The maximum Gasteiger partial charge on any atom is 0.413 e. The number of nitrogens with one attached hydrogen (secondary N) is 1. The highest BCUT2D eigenvalue weighted by molar-refractivity contribution is 5.83. The van der Waals surface area contributed by atoms with E-state index in [0.29, 0.717) is 5.82 Å². The van der Waals surface area contributed by atoms with E-state index in [1.165, 1.54) is 0 Å². The summed E-state index contributed by atoms with van der Waals surface area (Å²) in [5.74, 6) is 1.25. The molecule has 0 aliphatic rings. The second-order valence-corrected chi connectivity index (χ2v) is 7.62. The predicted molar refractivity (Wildman–Crippen MR) is 120 cm³/mol. The van der Waals surface area contributed by atoms with Crippen molar-refractivity contribution in [1.29, 1.82) is 0 Å². The van der Waals surface area contributed by atoms with Gasteiger partial charge in [-0.3, -0.25) is 5.32 Å². The molecule has 0 bridgehead atoms. The number of carbonyl (C=O) groups is 1. The lowest BCUT2D eigenvalue weighted by Crippen LogP contribution is -2.27. The Morgan fingerprint density at radius 1 is 1.03 bits per heavy atom. The summed E-state index contributed by atoms with van der Waals surface area (Å²) in [5, 5.41) is 3.65. The average molecular weight is 403 g/mol.